The van der Waals surface area contributed by atoms with Crippen molar-refractivity contribution in [2.75, 3.05) is 11.9 Å². The molecule has 0 radical (unpaired) electrons. The van der Waals surface area contributed by atoms with Crippen LogP contribution in [-0.2, 0) is 9.53 Å². The van der Waals surface area contributed by atoms with Crippen LogP contribution in [0.3, 0.4) is 0 Å². The summed E-state index contributed by atoms with van der Waals surface area (Å²) in [6.45, 7) is 4.50. The molecule has 3 heterocycles. The first-order valence-electron chi connectivity index (χ1n) is 6.91. The third-order valence-electron chi connectivity index (χ3n) is 3.33. The summed E-state index contributed by atoms with van der Waals surface area (Å²) in [6.07, 6.45) is 4.47. The molecule has 1 fully saturated rings. The maximum absolute atomic E-state index is 11.9. The first-order valence-corrected chi connectivity index (χ1v) is 6.91. The van der Waals surface area contributed by atoms with Crippen molar-refractivity contribution < 1.29 is 9.53 Å². The average molecular weight is 287 g/mol. The highest BCUT2D eigenvalue weighted by Crippen LogP contribution is 2.15. The Balaban J connectivity index is 1.72. The number of nitrogens with zero attached hydrogens (tertiary/aromatic N) is 4. The van der Waals surface area contributed by atoms with Gasteiger partial charge in [-0.25, -0.2) is 14.6 Å². The summed E-state index contributed by atoms with van der Waals surface area (Å²) in [7, 11) is 0. The second-order valence-corrected chi connectivity index (χ2v) is 5.10. The van der Waals surface area contributed by atoms with Crippen LogP contribution in [-0.4, -0.2) is 38.4 Å². The molecule has 1 N–H and O–H groups in total. The quantitative estimate of drug-likeness (QED) is 0.922. The van der Waals surface area contributed by atoms with Gasteiger partial charge in [0.25, 0.3) is 11.9 Å². The summed E-state index contributed by atoms with van der Waals surface area (Å²) in [5.74, 6) is 0.339. The average Bonchev–Trinajstić information content (AvgIpc) is 3.09. The van der Waals surface area contributed by atoms with E-state index in [1.54, 1.807) is 17.1 Å². The Morgan fingerprint density at radius 2 is 2.14 bits per heavy atom. The Morgan fingerprint density at radius 3 is 2.71 bits per heavy atom. The number of ether oxygens (including phenoxy) is 1. The van der Waals surface area contributed by atoms with Crippen LogP contribution in [0.2, 0.25) is 0 Å². The minimum atomic E-state index is -0.360. The predicted molar refractivity (Wildman–Crippen MR) is 76.2 cm³/mol. The summed E-state index contributed by atoms with van der Waals surface area (Å²) in [4.78, 5) is 20.4. The number of hydrogen-bond acceptors (Lipinski definition) is 5. The summed E-state index contributed by atoms with van der Waals surface area (Å²) in [5, 5.41) is 7.08. The van der Waals surface area contributed by atoms with Gasteiger partial charge in [-0.05, 0) is 32.8 Å². The zero-order chi connectivity index (χ0) is 14.8. The van der Waals surface area contributed by atoms with Gasteiger partial charge in [-0.3, -0.25) is 4.79 Å². The first kappa shape index (κ1) is 13.7. The van der Waals surface area contributed by atoms with Crippen molar-refractivity contribution >= 4 is 11.6 Å². The minimum absolute atomic E-state index is 0.144. The van der Waals surface area contributed by atoms with Gasteiger partial charge >= 0.3 is 0 Å². The molecular formula is C14H17N5O2. The number of hydrogen-bond donors (Lipinski definition) is 1. The van der Waals surface area contributed by atoms with Crippen molar-refractivity contribution in [3.05, 3.63) is 29.8 Å². The van der Waals surface area contributed by atoms with Crippen LogP contribution in [0.5, 0.6) is 0 Å². The topological polar surface area (TPSA) is 81.9 Å². The van der Waals surface area contributed by atoms with Crippen LogP contribution in [0.15, 0.2) is 18.5 Å². The van der Waals surface area contributed by atoms with E-state index in [0.717, 1.165) is 24.2 Å². The van der Waals surface area contributed by atoms with Gasteiger partial charge < -0.3 is 10.1 Å². The van der Waals surface area contributed by atoms with Crippen LogP contribution in [0.4, 0.5) is 5.69 Å². The van der Waals surface area contributed by atoms with E-state index in [9.17, 15) is 4.79 Å². The Labute approximate surface area is 122 Å². The Kier molecular flexibility index (Phi) is 3.66. The van der Waals surface area contributed by atoms with E-state index in [4.69, 9.17) is 4.74 Å². The van der Waals surface area contributed by atoms with Crippen LogP contribution in [0.1, 0.15) is 24.2 Å². The van der Waals surface area contributed by atoms with E-state index >= 15 is 0 Å². The highest BCUT2D eigenvalue weighted by atomic mass is 16.5. The lowest BCUT2D eigenvalue weighted by Crippen LogP contribution is -2.27. The molecule has 1 aliphatic rings. The van der Waals surface area contributed by atoms with Gasteiger partial charge in [-0.2, -0.15) is 5.10 Å². The fraction of sp³-hybridized carbons (Fsp3) is 0.429. The monoisotopic (exact) mass is 287 g/mol. The van der Waals surface area contributed by atoms with Gasteiger partial charge in [0.15, 0.2) is 0 Å². The molecule has 0 saturated carbocycles. The number of aromatic nitrogens is 4. The molecule has 21 heavy (non-hydrogen) atoms. The molecule has 7 nitrogen and oxygen atoms in total. The zero-order valence-corrected chi connectivity index (χ0v) is 12.0. The van der Waals surface area contributed by atoms with E-state index < -0.39 is 0 Å². The molecule has 0 aromatic carbocycles. The summed E-state index contributed by atoms with van der Waals surface area (Å²) in [5.41, 5.74) is 2.43. The van der Waals surface area contributed by atoms with Crippen molar-refractivity contribution in [1.29, 1.82) is 0 Å². The molecule has 3 rings (SSSR count). The number of carbonyl (C=O) groups is 1. The number of anilines is 1. The molecule has 0 bridgehead atoms. The van der Waals surface area contributed by atoms with Crippen molar-refractivity contribution in [3.63, 3.8) is 0 Å². The van der Waals surface area contributed by atoms with Crippen LogP contribution in [0.25, 0.3) is 5.95 Å². The summed E-state index contributed by atoms with van der Waals surface area (Å²) in [6, 6.07) is 1.95. The van der Waals surface area contributed by atoms with Gasteiger partial charge in [0.05, 0.1) is 23.8 Å². The van der Waals surface area contributed by atoms with Crippen molar-refractivity contribution in [3.8, 4) is 5.95 Å². The van der Waals surface area contributed by atoms with Gasteiger partial charge in [0.1, 0.15) is 6.10 Å². The van der Waals surface area contributed by atoms with Crippen molar-refractivity contribution in [2.24, 2.45) is 0 Å². The van der Waals surface area contributed by atoms with Crippen LogP contribution in [0, 0.1) is 13.8 Å². The lowest BCUT2D eigenvalue weighted by Gasteiger charge is -2.10. The maximum Gasteiger partial charge on any atom is 0.253 e. The molecule has 1 atom stereocenters. The molecule has 1 unspecified atom stereocenters. The van der Waals surface area contributed by atoms with Crippen LogP contribution < -0.4 is 5.32 Å². The fourth-order valence-corrected chi connectivity index (χ4v) is 2.33. The number of rotatable bonds is 3. The maximum atomic E-state index is 11.9. The van der Waals surface area contributed by atoms with Gasteiger partial charge in [0, 0.05) is 12.3 Å². The third-order valence-corrected chi connectivity index (χ3v) is 3.33. The van der Waals surface area contributed by atoms with E-state index in [0.29, 0.717) is 18.2 Å². The van der Waals surface area contributed by atoms with Crippen molar-refractivity contribution in [1.82, 2.24) is 19.7 Å². The zero-order valence-electron chi connectivity index (χ0n) is 12.0. The minimum Gasteiger partial charge on any atom is -0.368 e. The number of nitrogens with one attached hydrogen (secondary N) is 1. The molecule has 110 valence electrons. The predicted octanol–water partition coefficient (Wildman–Crippen LogP) is 1.40. The van der Waals surface area contributed by atoms with E-state index in [1.165, 1.54) is 0 Å². The number of aryl methyl sites for hydroxylation is 2. The molecule has 1 aliphatic heterocycles. The van der Waals surface area contributed by atoms with E-state index in [1.807, 2.05) is 19.9 Å². The molecule has 0 spiro atoms. The first-order chi connectivity index (χ1) is 10.1. The van der Waals surface area contributed by atoms with Crippen molar-refractivity contribution in [2.45, 2.75) is 32.8 Å². The largest absolute Gasteiger partial charge is 0.368 e. The molecule has 2 aromatic rings. The molecule has 7 heteroatoms. The second-order valence-electron chi connectivity index (χ2n) is 5.10. The second kappa shape index (κ2) is 5.61. The van der Waals surface area contributed by atoms with E-state index in [2.05, 4.69) is 20.4 Å². The normalized spacial score (nSPS) is 17.9. The van der Waals surface area contributed by atoms with Crippen LogP contribution >= 0.6 is 0 Å². The van der Waals surface area contributed by atoms with Gasteiger partial charge in [0.2, 0.25) is 0 Å². The Morgan fingerprint density at radius 1 is 1.38 bits per heavy atom. The highest BCUT2D eigenvalue weighted by molar-refractivity contribution is 5.94. The Hall–Kier alpha value is -2.28. The Bertz CT molecular complexity index is 644. The molecule has 1 amide bonds. The number of carbonyl (C=O) groups excluding carboxylic acids is 1. The standard InChI is InChI=1S/C14H17N5O2/c1-9-6-10(2)19(18-9)14-15-7-11(8-16-14)17-13(20)12-4-3-5-21-12/h6-8,12H,3-5H2,1-2H3,(H,17,20). The third kappa shape index (κ3) is 2.92. The smallest absolute Gasteiger partial charge is 0.253 e. The lowest BCUT2D eigenvalue weighted by atomic mass is 10.2. The molecule has 0 aliphatic carbocycles. The summed E-state index contributed by atoms with van der Waals surface area (Å²) >= 11 is 0. The fourth-order valence-electron chi connectivity index (χ4n) is 2.33. The van der Waals surface area contributed by atoms with E-state index in [-0.39, 0.29) is 12.0 Å². The lowest BCUT2D eigenvalue weighted by molar-refractivity contribution is -0.124. The molecule has 1 saturated heterocycles. The SMILES string of the molecule is Cc1cc(C)n(-c2ncc(NC(=O)C3CCCO3)cn2)n1. The number of amides is 1. The molecular weight excluding hydrogens is 270 g/mol. The highest BCUT2D eigenvalue weighted by Gasteiger charge is 2.23. The molecule has 2 aromatic heterocycles. The summed E-state index contributed by atoms with van der Waals surface area (Å²) < 4.78 is 7.00. The van der Waals surface area contributed by atoms with Gasteiger partial charge in [-0.1, -0.05) is 0 Å². The van der Waals surface area contributed by atoms with Gasteiger partial charge in [-0.15, -0.1) is 0 Å².